The van der Waals surface area contributed by atoms with Crippen molar-refractivity contribution in [2.24, 2.45) is 0 Å². The Morgan fingerprint density at radius 3 is 2.88 bits per heavy atom. The van der Waals surface area contributed by atoms with E-state index in [1.54, 1.807) is 0 Å². The van der Waals surface area contributed by atoms with Crippen LogP contribution in [-0.4, -0.2) is 12.6 Å². The Bertz CT molecular complexity index is 366. The minimum atomic E-state index is -0.718. The molecule has 0 saturated heterocycles. The van der Waals surface area contributed by atoms with Crippen LogP contribution in [0.25, 0.3) is 0 Å². The van der Waals surface area contributed by atoms with Gasteiger partial charge in [0.15, 0.2) is 5.82 Å². The highest BCUT2D eigenvalue weighted by Crippen LogP contribution is 2.18. The van der Waals surface area contributed by atoms with Gasteiger partial charge in [-0.05, 0) is 18.6 Å². The lowest BCUT2D eigenvalue weighted by atomic mass is 10.2. The number of benzene rings is 1. The fourth-order valence-electron chi connectivity index (χ4n) is 1.26. The largest absolute Gasteiger partial charge is 0.462 e. The van der Waals surface area contributed by atoms with Crippen molar-refractivity contribution < 1.29 is 13.9 Å². The summed E-state index contributed by atoms with van der Waals surface area (Å²) >= 11 is 5.56. The summed E-state index contributed by atoms with van der Waals surface area (Å²) in [6.07, 6.45) is 2.83. The molecule has 1 aromatic rings. The summed E-state index contributed by atoms with van der Waals surface area (Å²) in [6, 6.07) is 4.28. The number of unbranched alkanes of at least 4 members (excludes halogenated alkanes) is 2. The van der Waals surface area contributed by atoms with E-state index in [4.69, 9.17) is 16.3 Å². The number of hydrogen-bond acceptors (Lipinski definition) is 2. The molecule has 0 unspecified atom stereocenters. The number of carbonyl (C=O) groups is 1. The van der Waals surface area contributed by atoms with E-state index in [0.29, 0.717) is 6.61 Å². The smallest absolute Gasteiger partial charge is 0.341 e. The Kier molecular flexibility index (Phi) is 5.26. The Morgan fingerprint density at radius 1 is 1.44 bits per heavy atom. The van der Waals surface area contributed by atoms with Crippen LogP contribution in [-0.2, 0) is 4.74 Å². The molecule has 0 N–H and O–H groups in total. The molecule has 16 heavy (non-hydrogen) atoms. The molecular weight excluding hydrogens is 231 g/mol. The van der Waals surface area contributed by atoms with Crippen molar-refractivity contribution in [2.75, 3.05) is 6.61 Å². The molecule has 0 aliphatic heterocycles. The molecule has 1 aromatic carbocycles. The SMILES string of the molecule is CCCCCOC(=O)c1cccc(Cl)c1F. The van der Waals surface area contributed by atoms with Crippen LogP contribution in [0, 0.1) is 5.82 Å². The van der Waals surface area contributed by atoms with Gasteiger partial charge in [0.2, 0.25) is 0 Å². The standard InChI is InChI=1S/C12H14ClFO2/c1-2-3-4-8-16-12(15)9-6-5-7-10(13)11(9)14/h5-7H,2-4,8H2,1H3. The summed E-state index contributed by atoms with van der Waals surface area (Å²) in [5, 5.41) is -0.0667. The molecule has 0 spiro atoms. The molecule has 0 bridgehead atoms. The Morgan fingerprint density at radius 2 is 2.19 bits per heavy atom. The van der Waals surface area contributed by atoms with Gasteiger partial charge >= 0.3 is 5.97 Å². The summed E-state index contributed by atoms with van der Waals surface area (Å²) in [7, 11) is 0. The van der Waals surface area contributed by atoms with Gasteiger partial charge < -0.3 is 4.74 Å². The molecule has 4 heteroatoms. The zero-order valence-electron chi connectivity index (χ0n) is 9.13. The minimum absolute atomic E-state index is 0.0667. The predicted molar refractivity (Wildman–Crippen MR) is 61.2 cm³/mol. The van der Waals surface area contributed by atoms with Gasteiger partial charge in [-0.2, -0.15) is 0 Å². The third-order valence-electron chi connectivity index (χ3n) is 2.15. The third-order valence-corrected chi connectivity index (χ3v) is 2.44. The fraction of sp³-hybridized carbons (Fsp3) is 0.417. The van der Waals surface area contributed by atoms with E-state index in [9.17, 15) is 9.18 Å². The van der Waals surface area contributed by atoms with E-state index in [1.165, 1.54) is 18.2 Å². The molecule has 0 heterocycles. The second-order valence-electron chi connectivity index (χ2n) is 3.44. The zero-order chi connectivity index (χ0) is 12.0. The van der Waals surface area contributed by atoms with Crippen molar-refractivity contribution in [3.05, 3.63) is 34.6 Å². The van der Waals surface area contributed by atoms with Crippen LogP contribution in [0.1, 0.15) is 36.5 Å². The summed E-state index contributed by atoms with van der Waals surface area (Å²) < 4.78 is 18.3. The van der Waals surface area contributed by atoms with Crippen LogP contribution in [0.2, 0.25) is 5.02 Å². The van der Waals surface area contributed by atoms with Crippen LogP contribution < -0.4 is 0 Å². The van der Waals surface area contributed by atoms with Gasteiger partial charge in [0, 0.05) is 0 Å². The number of ether oxygens (including phenoxy) is 1. The highest BCUT2D eigenvalue weighted by Gasteiger charge is 2.14. The average molecular weight is 245 g/mol. The van der Waals surface area contributed by atoms with E-state index in [2.05, 4.69) is 6.92 Å². The second kappa shape index (κ2) is 6.48. The number of carbonyl (C=O) groups excluding carboxylic acids is 1. The van der Waals surface area contributed by atoms with Crippen molar-refractivity contribution in [2.45, 2.75) is 26.2 Å². The molecule has 0 saturated carbocycles. The Hall–Kier alpha value is -1.09. The zero-order valence-corrected chi connectivity index (χ0v) is 9.89. The van der Waals surface area contributed by atoms with Crippen molar-refractivity contribution in [1.29, 1.82) is 0 Å². The lowest BCUT2D eigenvalue weighted by Crippen LogP contribution is -2.08. The quantitative estimate of drug-likeness (QED) is 0.581. The normalized spacial score (nSPS) is 10.2. The first kappa shape index (κ1) is 13.0. The van der Waals surface area contributed by atoms with E-state index in [1.807, 2.05) is 0 Å². The fourth-order valence-corrected chi connectivity index (χ4v) is 1.43. The van der Waals surface area contributed by atoms with E-state index < -0.39 is 11.8 Å². The Labute approximate surface area is 99.4 Å². The van der Waals surface area contributed by atoms with Crippen LogP contribution in [0.15, 0.2) is 18.2 Å². The van der Waals surface area contributed by atoms with E-state index in [-0.39, 0.29) is 10.6 Å². The monoisotopic (exact) mass is 244 g/mol. The lowest BCUT2D eigenvalue weighted by Gasteiger charge is -2.05. The first-order chi connectivity index (χ1) is 7.66. The van der Waals surface area contributed by atoms with Crippen molar-refractivity contribution >= 4 is 17.6 Å². The molecular formula is C12H14ClFO2. The molecule has 0 fully saturated rings. The second-order valence-corrected chi connectivity index (χ2v) is 3.85. The average Bonchev–Trinajstić information content (AvgIpc) is 2.28. The van der Waals surface area contributed by atoms with Gasteiger partial charge in [-0.1, -0.05) is 37.4 Å². The molecule has 2 nitrogen and oxygen atoms in total. The maximum atomic E-state index is 13.4. The Balaban J connectivity index is 2.56. The van der Waals surface area contributed by atoms with Gasteiger partial charge in [0.1, 0.15) is 0 Å². The first-order valence-electron chi connectivity index (χ1n) is 5.28. The molecule has 0 amide bonds. The molecule has 0 aliphatic carbocycles. The number of halogens is 2. The highest BCUT2D eigenvalue weighted by atomic mass is 35.5. The number of hydrogen-bond donors (Lipinski definition) is 0. The number of esters is 1. The number of rotatable bonds is 5. The minimum Gasteiger partial charge on any atom is -0.462 e. The van der Waals surface area contributed by atoms with Gasteiger partial charge in [0.25, 0.3) is 0 Å². The van der Waals surface area contributed by atoms with Gasteiger partial charge in [-0.3, -0.25) is 0 Å². The summed E-state index contributed by atoms with van der Waals surface area (Å²) in [4.78, 5) is 11.5. The molecule has 0 radical (unpaired) electrons. The lowest BCUT2D eigenvalue weighted by molar-refractivity contribution is 0.0493. The van der Waals surface area contributed by atoms with Crippen molar-refractivity contribution in [3.8, 4) is 0 Å². The van der Waals surface area contributed by atoms with Crippen molar-refractivity contribution in [3.63, 3.8) is 0 Å². The summed E-state index contributed by atoms with van der Waals surface area (Å²) in [6.45, 7) is 2.37. The van der Waals surface area contributed by atoms with Crippen LogP contribution in [0.4, 0.5) is 4.39 Å². The van der Waals surface area contributed by atoms with Gasteiger partial charge in [-0.25, -0.2) is 9.18 Å². The van der Waals surface area contributed by atoms with Crippen molar-refractivity contribution in [1.82, 2.24) is 0 Å². The predicted octanol–water partition coefficient (Wildman–Crippen LogP) is 3.83. The summed E-state index contributed by atoms with van der Waals surface area (Å²) in [5.41, 5.74) is -0.107. The maximum absolute atomic E-state index is 13.4. The molecule has 1 rings (SSSR count). The van der Waals surface area contributed by atoms with E-state index >= 15 is 0 Å². The molecule has 0 aromatic heterocycles. The van der Waals surface area contributed by atoms with Crippen LogP contribution >= 0.6 is 11.6 Å². The van der Waals surface area contributed by atoms with Crippen LogP contribution in [0.5, 0.6) is 0 Å². The van der Waals surface area contributed by atoms with Gasteiger partial charge in [0.05, 0.1) is 17.2 Å². The maximum Gasteiger partial charge on any atom is 0.341 e. The topological polar surface area (TPSA) is 26.3 Å². The van der Waals surface area contributed by atoms with Crippen LogP contribution in [0.3, 0.4) is 0 Å². The first-order valence-corrected chi connectivity index (χ1v) is 5.65. The highest BCUT2D eigenvalue weighted by molar-refractivity contribution is 6.31. The van der Waals surface area contributed by atoms with E-state index in [0.717, 1.165) is 19.3 Å². The molecule has 88 valence electrons. The third kappa shape index (κ3) is 3.49. The molecule has 0 aliphatic rings. The molecule has 0 atom stereocenters. The summed E-state index contributed by atoms with van der Waals surface area (Å²) in [5.74, 6) is -1.37. The van der Waals surface area contributed by atoms with Gasteiger partial charge in [-0.15, -0.1) is 0 Å².